The monoisotopic (exact) mass is 305 g/mol. The average molecular weight is 306 g/mol. The van der Waals surface area contributed by atoms with Crippen LogP contribution in [0.25, 0.3) is 5.69 Å². The van der Waals surface area contributed by atoms with E-state index < -0.39 is 5.91 Å². The van der Waals surface area contributed by atoms with Gasteiger partial charge in [-0.05, 0) is 18.2 Å². The second-order valence-corrected chi connectivity index (χ2v) is 4.43. The third kappa shape index (κ3) is 2.06. The van der Waals surface area contributed by atoms with Crippen LogP contribution in [0.2, 0.25) is 0 Å². The molecule has 1 amide bonds. The van der Waals surface area contributed by atoms with E-state index in [0.29, 0.717) is 11.3 Å². The van der Waals surface area contributed by atoms with E-state index in [-0.39, 0.29) is 11.4 Å². The molecule has 0 bridgehead atoms. The number of carbonyl (C=O) groups excluding carboxylic acids is 1. The zero-order valence-electron chi connectivity index (χ0n) is 9.09. The number of primary amides is 1. The maximum absolute atomic E-state index is 11.1. The van der Waals surface area contributed by atoms with Crippen molar-refractivity contribution < 1.29 is 4.79 Å². The first-order chi connectivity index (χ1) is 8.52. The molecule has 0 spiro atoms. The van der Waals surface area contributed by atoms with E-state index in [0.717, 1.165) is 4.47 Å². The predicted molar refractivity (Wildman–Crippen MR) is 68.9 cm³/mol. The van der Waals surface area contributed by atoms with Crippen LogP contribution in [-0.4, -0.2) is 15.7 Å². The van der Waals surface area contributed by atoms with Gasteiger partial charge in [0.15, 0.2) is 5.69 Å². The summed E-state index contributed by atoms with van der Waals surface area (Å²) in [6.07, 6.45) is 1.45. The first-order valence-corrected chi connectivity index (χ1v) is 5.67. The summed E-state index contributed by atoms with van der Waals surface area (Å²) < 4.78 is 2.14. The predicted octanol–water partition coefficient (Wildman–Crippen LogP) is 1.19. The molecule has 1 aromatic carbocycles. The van der Waals surface area contributed by atoms with Crippen molar-refractivity contribution in [3.8, 4) is 11.8 Å². The molecule has 0 saturated carbocycles. The number of nitrogen functional groups attached to an aromatic ring is 1. The molecule has 0 unspecified atom stereocenters. The van der Waals surface area contributed by atoms with Crippen molar-refractivity contribution in [2.75, 3.05) is 5.73 Å². The topological polar surface area (TPSA) is 111 Å². The molecule has 0 fully saturated rings. The lowest BCUT2D eigenvalue weighted by Gasteiger charge is -2.03. The number of anilines is 1. The van der Waals surface area contributed by atoms with E-state index in [9.17, 15) is 4.79 Å². The number of hydrogen-bond donors (Lipinski definition) is 2. The zero-order chi connectivity index (χ0) is 13.3. The highest BCUT2D eigenvalue weighted by Crippen LogP contribution is 2.21. The summed E-state index contributed by atoms with van der Waals surface area (Å²) in [6, 6.07) is 7.15. The van der Waals surface area contributed by atoms with Gasteiger partial charge in [0.1, 0.15) is 6.07 Å². The van der Waals surface area contributed by atoms with Gasteiger partial charge in [0, 0.05) is 4.47 Å². The summed E-state index contributed by atoms with van der Waals surface area (Å²) in [7, 11) is 0. The standard InChI is InChI=1S/C11H8BrN5O/c12-7-1-2-9(6(3-7)4-13)17-5-8(14)10(16-17)11(15)18/h1-3,5H,14H2,(H2,15,18). The molecule has 0 saturated heterocycles. The van der Waals surface area contributed by atoms with E-state index in [1.54, 1.807) is 18.2 Å². The minimum atomic E-state index is -0.707. The third-order valence-electron chi connectivity index (χ3n) is 2.30. The van der Waals surface area contributed by atoms with Gasteiger partial charge in [0.2, 0.25) is 0 Å². The molecule has 0 aliphatic rings. The van der Waals surface area contributed by atoms with E-state index in [1.807, 2.05) is 6.07 Å². The largest absolute Gasteiger partial charge is 0.396 e. The summed E-state index contributed by atoms with van der Waals surface area (Å²) in [6.45, 7) is 0. The highest BCUT2D eigenvalue weighted by molar-refractivity contribution is 9.10. The van der Waals surface area contributed by atoms with Crippen molar-refractivity contribution in [3.05, 3.63) is 40.1 Å². The van der Waals surface area contributed by atoms with Gasteiger partial charge >= 0.3 is 0 Å². The number of nitriles is 1. The highest BCUT2D eigenvalue weighted by atomic mass is 79.9. The molecule has 0 aliphatic heterocycles. The SMILES string of the molecule is N#Cc1cc(Br)ccc1-n1cc(N)c(C(N)=O)n1. The molecule has 0 radical (unpaired) electrons. The van der Waals surface area contributed by atoms with Gasteiger partial charge in [-0.3, -0.25) is 4.79 Å². The van der Waals surface area contributed by atoms with Crippen LogP contribution in [0.3, 0.4) is 0 Å². The Morgan fingerprint density at radius 2 is 2.22 bits per heavy atom. The minimum absolute atomic E-state index is 0.0122. The Bertz CT molecular complexity index is 671. The van der Waals surface area contributed by atoms with Gasteiger partial charge in [-0.1, -0.05) is 15.9 Å². The first-order valence-electron chi connectivity index (χ1n) is 4.88. The van der Waals surface area contributed by atoms with Crippen molar-refractivity contribution >= 4 is 27.5 Å². The molecular weight excluding hydrogens is 298 g/mol. The van der Waals surface area contributed by atoms with E-state index in [1.165, 1.54) is 10.9 Å². The van der Waals surface area contributed by atoms with Crippen molar-refractivity contribution in [2.24, 2.45) is 5.73 Å². The number of amides is 1. The summed E-state index contributed by atoms with van der Waals surface area (Å²) in [5.74, 6) is -0.707. The smallest absolute Gasteiger partial charge is 0.271 e. The maximum atomic E-state index is 11.1. The second-order valence-electron chi connectivity index (χ2n) is 3.52. The molecule has 90 valence electrons. The van der Waals surface area contributed by atoms with Crippen LogP contribution in [0.4, 0.5) is 5.69 Å². The lowest BCUT2D eigenvalue weighted by Crippen LogP contribution is -2.14. The first kappa shape index (κ1) is 12.1. The Balaban J connectivity index is 2.60. The number of benzene rings is 1. The van der Waals surface area contributed by atoms with Gasteiger partial charge in [0.05, 0.1) is 23.1 Å². The van der Waals surface area contributed by atoms with Gasteiger partial charge in [-0.15, -0.1) is 0 Å². The Hall–Kier alpha value is -2.33. The average Bonchev–Trinajstić information content (AvgIpc) is 2.71. The molecule has 0 atom stereocenters. The van der Waals surface area contributed by atoms with Crippen molar-refractivity contribution in [3.63, 3.8) is 0 Å². The molecule has 1 aromatic heterocycles. The van der Waals surface area contributed by atoms with Crippen LogP contribution in [0, 0.1) is 11.3 Å². The van der Waals surface area contributed by atoms with Crippen LogP contribution >= 0.6 is 15.9 Å². The highest BCUT2D eigenvalue weighted by Gasteiger charge is 2.14. The van der Waals surface area contributed by atoms with Crippen LogP contribution in [0.5, 0.6) is 0 Å². The quantitative estimate of drug-likeness (QED) is 0.868. The number of carbonyl (C=O) groups is 1. The summed E-state index contributed by atoms with van der Waals surface area (Å²) in [5.41, 5.74) is 11.9. The molecule has 6 nitrogen and oxygen atoms in total. The maximum Gasteiger partial charge on any atom is 0.271 e. The third-order valence-corrected chi connectivity index (χ3v) is 2.80. The van der Waals surface area contributed by atoms with Crippen LogP contribution in [0.1, 0.15) is 16.1 Å². The van der Waals surface area contributed by atoms with Crippen molar-refractivity contribution in [1.82, 2.24) is 9.78 Å². The van der Waals surface area contributed by atoms with Crippen LogP contribution in [-0.2, 0) is 0 Å². The second kappa shape index (κ2) is 4.50. The molecule has 4 N–H and O–H groups in total. The van der Waals surface area contributed by atoms with E-state index in [4.69, 9.17) is 16.7 Å². The summed E-state index contributed by atoms with van der Waals surface area (Å²) in [5, 5.41) is 13.0. The normalized spacial score (nSPS) is 10.0. The number of rotatable bonds is 2. The molecule has 7 heteroatoms. The number of hydrogen-bond acceptors (Lipinski definition) is 4. The fourth-order valence-electron chi connectivity index (χ4n) is 1.50. The van der Waals surface area contributed by atoms with Gasteiger partial charge < -0.3 is 11.5 Å². The fourth-order valence-corrected chi connectivity index (χ4v) is 1.86. The zero-order valence-corrected chi connectivity index (χ0v) is 10.7. The summed E-state index contributed by atoms with van der Waals surface area (Å²) >= 11 is 3.27. The van der Waals surface area contributed by atoms with E-state index >= 15 is 0 Å². The van der Waals surface area contributed by atoms with Gasteiger partial charge in [-0.25, -0.2) is 4.68 Å². The van der Waals surface area contributed by atoms with E-state index in [2.05, 4.69) is 21.0 Å². The molecule has 0 aliphatic carbocycles. The Morgan fingerprint density at radius 1 is 1.50 bits per heavy atom. The minimum Gasteiger partial charge on any atom is -0.396 e. The molecule has 1 heterocycles. The van der Waals surface area contributed by atoms with Crippen LogP contribution in [0.15, 0.2) is 28.9 Å². The number of nitrogens with zero attached hydrogens (tertiary/aromatic N) is 3. The Labute approximate surface area is 111 Å². The van der Waals surface area contributed by atoms with Crippen molar-refractivity contribution in [1.29, 1.82) is 5.26 Å². The lowest BCUT2D eigenvalue weighted by molar-refractivity contribution is 0.0996. The van der Waals surface area contributed by atoms with Crippen molar-refractivity contribution in [2.45, 2.75) is 0 Å². The molecule has 2 rings (SSSR count). The number of halogens is 1. The molecule has 18 heavy (non-hydrogen) atoms. The molecular formula is C11H8BrN5O. The molecule has 2 aromatic rings. The fraction of sp³-hybridized carbons (Fsp3) is 0. The van der Waals surface area contributed by atoms with Gasteiger partial charge in [-0.2, -0.15) is 10.4 Å². The summed E-state index contributed by atoms with van der Waals surface area (Å²) in [4.78, 5) is 11.1. The number of aromatic nitrogens is 2. The Kier molecular flexibility index (Phi) is 3.04. The Morgan fingerprint density at radius 3 is 2.78 bits per heavy atom. The lowest BCUT2D eigenvalue weighted by atomic mass is 10.2. The van der Waals surface area contributed by atoms with Gasteiger partial charge in [0.25, 0.3) is 5.91 Å². The number of nitrogens with two attached hydrogens (primary N) is 2. The van der Waals surface area contributed by atoms with Crippen LogP contribution < -0.4 is 11.5 Å².